The van der Waals surface area contributed by atoms with E-state index in [2.05, 4.69) is 48.5 Å². The van der Waals surface area contributed by atoms with Crippen LogP contribution in [0.2, 0.25) is 0 Å². The van der Waals surface area contributed by atoms with Crippen LogP contribution < -0.4 is 0 Å². The fourth-order valence-corrected chi connectivity index (χ4v) is 12.4. The molecule has 0 aliphatic carbocycles. The monoisotopic (exact) mass is 1340 g/mol. The van der Waals surface area contributed by atoms with Crippen LogP contribution in [0.1, 0.15) is 363 Å². The van der Waals surface area contributed by atoms with Crippen LogP contribution in [0, 0.1) is 17.8 Å². The molecule has 3 N–H and O–H groups in total. The SMILES string of the molecule is CCCCCCCCCCCCC(=O)OC[C@H](COP(=O)(O)OC[C@H](O)COP(=O)(O)OC[C@@H](COC(=O)CCCCCCCCCCCCCCC(C)C)OC(=O)CCCCCCCCCCCCCCCC(C)C)OC(=O)CCCCCCCCC(C)CC. The van der Waals surface area contributed by atoms with Gasteiger partial charge in [-0.15, -0.1) is 0 Å². The van der Waals surface area contributed by atoms with Crippen molar-refractivity contribution in [3.05, 3.63) is 0 Å². The van der Waals surface area contributed by atoms with E-state index in [0.717, 1.165) is 108 Å². The summed E-state index contributed by atoms with van der Waals surface area (Å²) >= 11 is 0. The van der Waals surface area contributed by atoms with Gasteiger partial charge >= 0.3 is 39.5 Å². The first-order valence-electron chi connectivity index (χ1n) is 37.4. The van der Waals surface area contributed by atoms with E-state index in [1.807, 2.05) is 0 Å². The second kappa shape index (κ2) is 62.8. The van der Waals surface area contributed by atoms with Gasteiger partial charge in [-0.05, 0) is 43.4 Å². The number of aliphatic hydroxyl groups is 1. The summed E-state index contributed by atoms with van der Waals surface area (Å²) in [6.45, 7) is 11.8. The molecule has 0 bridgehead atoms. The molecule has 0 heterocycles. The molecule has 0 aliphatic rings. The molecule has 0 spiro atoms. The second-order valence-electron chi connectivity index (χ2n) is 27.2. The summed E-state index contributed by atoms with van der Waals surface area (Å²) in [6, 6.07) is 0. The lowest BCUT2D eigenvalue weighted by atomic mass is 10.00. The molecular formula is C72H140O17P2. The number of esters is 4. The predicted octanol–water partition coefficient (Wildman–Crippen LogP) is 20.6. The Morgan fingerprint density at radius 1 is 0.319 bits per heavy atom. The molecular weight excluding hydrogens is 1200 g/mol. The summed E-state index contributed by atoms with van der Waals surface area (Å²) < 4.78 is 68.3. The number of aliphatic hydroxyl groups excluding tert-OH is 1. The molecule has 0 aromatic rings. The molecule has 0 amide bonds. The molecule has 0 aromatic carbocycles. The maximum absolute atomic E-state index is 13.0. The smallest absolute Gasteiger partial charge is 0.462 e. The van der Waals surface area contributed by atoms with Gasteiger partial charge in [-0.3, -0.25) is 37.3 Å². The van der Waals surface area contributed by atoms with Crippen LogP contribution in [0.4, 0.5) is 0 Å². The van der Waals surface area contributed by atoms with Crippen LogP contribution in [-0.4, -0.2) is 96.7 Å². The lowest BCUT2D eigenvalue weighted by molar-refractivity contribution is -0.161. The summed E-state index contributed by atoms with van der Waals surface area (Å²) in [5, 5.41) is 10.6. The first-order chi connectivity index (χ1) is 43.8. The number of rotatable bonds is 70. The number of carbonyl (C=O) groups is 4. The Hall–Kier alpha value is -1.94. The van der Waals surface area contributed by atoms with Crippen molar-refractivity contribution < 1.29 is 80.2 Å². The molecule has 0 saturated heterocycles. The van der Waals surface area contributed by atoms with E-state index in [1.54, 1.807) is 0 Å². The fraction of sp³-hybridized carbons (Fsp3) is 0.944. The summed E-state index contributed by atoms with van der Waals surface area (Å²) in [5.41, 5.74) is 0. The predicted molar refractivity (Wildman–Crippen MR) is 368 cm³/mol. The Kier molecular flexibility index (Phi) is 61.5. The third-order valence-electron chi connectivity index (χ3n) is 17.0. The number of ether oxygens (including phenoxy) is 4. The van der Waals surface area contributed by atoms with Crippen molar-refractivity contribution in [3.63, 3.8) is 0 Å². The minimum atomic E-state index is -4.95. The second-order valence-corrected chi connectivity index (χ2v) is 30.1. The molecule has 0 rings (SSSR count). The normalized spacial score (nSPS) is 14.5. The number of carbonyl (C=O) groups excluding carboxylic acids is 4. The zero-order valence-electron chi connectivity index (χ0n) is 59.3. The van der Waals surface area contributed by atoms with Crippen molar-refractivity contribution in [2.75, 3.05) is 39.6 Å². The lowest BCUT2D eigenvalue weighted by Gasteiger charge is -2.21. The van der Waals surface area contributed by atoms with Crippen molar-refractivity contribution in [1.29, 1.82) is 0 Å². The molecule has 17 nitrogen and oxygen atoms in total. The molecule has 3 unspecified atom stereocenters. The molecule has 0 fully saturated rings. The number of hydrogen-bond acceptors (Lipinski definition) is 15. The van der Waals surface area contributed by atoms with Gasteiger partial charge in [-0.25, -0.2) is 9.13 Å². The number of phosphoric acid groups is 2. The van der Waals surface area contributed by atoms with Gasteiger partial charge in [-0.1, -0.05) is 312 Å². The van der Waals surface area contributed by atoms with Crippen LogP contribution in [0.25, 0.3) is 0 Å². The van der Waals surface area contributed by atoms with Gasteiger partial charge in [0, 0.05) is 25.7 Å². The van der Waals surface area contributed by atoms with Gasteiger partial charge in [0.15, 0.2) is 12.2 Å². The number of phosphoric ester groups is 2. The molecule has 0 aromatic heterocycles. The zero-order valence-corrected chi connectivity index (χ0v) is 61.1. The van der Waals surface area contributed by atoms with E-state index < -0.39 is 97.5 Å². The van der Waals surface area contributed by atoms with Gasteiger partial charge in [0.25, 0.3) is 0 Å². The van der Waals surface area contributed by atoms with Gasteiger partial charge < -0.3 is 33.8 Å². The molecule has 0 aliphatic heterocycles. The highest BCUT2D eigenvalue weighted by Gasteiger charge is 2.30. The van der Waals surface area contributed by atoms with Crippen molar-refractivity contribution in [2.45, 2.75) is 381 Å². The number of unbranched alkanes of at least 4 members (excludes halogenated alkanes) is 37. The Morgan fingerprint density at radius 3 is 0.835 bits per heavy atom. The highest BCUT2D eigenvalue weighted by Crippen LogP contribution is 2.45. The molecule has 91 heavy (non-hydrogen) atoms. The zero-order chi connectivity index (χ0) is 67.3. The number of hydrogen-bond donors (Lipinski definition) is 3. The van der Waals surface area contributed by atoms with E-state index in [0.29, 0.717) is 25.7 Å². The molecule has 540 valence electrons. The van der Waals surface area contributed by atoms with Gasteiger partial charge in [0.05, 0.1) is 26.4 Å². The maximum atomic E-state index is 13.0. The van der Waals surface area contributed by atoms with Crippen LogP contribution in [0.15, 0.2) is 0 Å². The van der Waals surface area contributed by atoms with Crippen LogP contribution >= 0.6 is 15.6 Å². The third-order valence-corrected chi connectivity index (χ3v) is 18.9. The Labute approximate surface area is 556 Å². The van der Waals surface area contributed by atoms with Gasteiger partial charge in [0.1, 0.15) is 19.3 Å². The average Bonchev–Trinajstić information content (AvgIpc) is 3.30. The van der Waals surface area contributed by atoms with E-state index in [9.17, 15) is 43.2 Å². The minimum Gasteiger partial charge on any atom is -0.462 e. The third kappa shape index (κ3) is 65.1. The van der Waals surface area contributed by atoms with Crippen molar-refractivity contribution in [1.82, 2.24) is 0 Å². The first kappa shape index (κ1) is 89.1. The van der Waals surface area contributed by atoms with Crippen LogP contribution in [0.5, 0.6) is 0 Å². The van der Waals surface area contributed by atoms with Crippen molar-refractivity contribution in [3.8, 4) is 0 Å². The first-order valence-corrected chi connectivity index (χ1v) is 40.4. The Balaban J connectivity index is 5.24. The van der Waals surface area contributed by atoms with E-state index >= 15 is 0 Å². The van der Waals surface area contributed by atoms with E-state index in [4.69, 9.17) is 37.0 Å². The highest BCUT2D eigenvalue weighted by atomic mass is 31.2. The van der Waals surface area contributed by atoms with Crippen molar-refractivity contribution >= 4 is 39.5 Å². The molecule has 19 heteroatoms. The maximum Gasteiger partial charge on any atom is 0.472 e. The minimum absolute atomic E-state index is 0.103. The average molecular weight is 1340 g/mol. The fourth-order valence-electron chi connectivity index (χ4n) is 10.9. The summed E-state index contributed by atoms with van der Waals surface area (Å²) in [6.07, 6.45) is 47.2. The topological polar surface area (TPSA) is 237 Å². The standard InChI is InChI=1S/C72H140O17P2/c1-8-10-11-12-13-14-26-31-39-46-53-69(74)83-60-68(89-72(77)56-49-42-35-34-38-45-52-65(7)9-2)62-87-91(80,81)85-58-66(73)57-84-90(78,79)86-61-67(59-82-70(75)54-47-40-32-27-22-19-18-21-25-30-37-44-51-64(5)6)88-71(76)55-48-41-33-28-23-17-15-16-20-24-29-36-43-50-63(3)4/h63-68,73H,8-62H2,1-7H3,(H,78,79)(H,80,81)/t65?,66-,67-,68-/m1/s1. The molecule has 6 atom stereocenters. The van der Waals surface area contributed by atoms with Gasteiger partial charge in [0.2, 0.25) is 0 Å². The van der Waals surface area contributed by atoms with Crippen LogP contribution in [0.3, 0.4) is 0 Å². The van der Waals surface area contributed by atoms with Gasteiger partial charge in [-0.2, -0.15) is 0 Å². The summed E-state index contributed by atoms with van der Waals surface area (Å²) in [7, 11) is -9.90. The summed E-state index contributed by atoms with van der Waals surface area (Å²) in [5.74, 6) is 0.163. The van der Waals surface area contributed by atoms with Crippen LogP contribution in [-0.2, 0) is 65.4 Å². The lowest BCUT2D eigenvalue weighted by Crippen LogP contribution is -2.30. The van der Waals surface area contributed by atoms with Crippen molar-refractivity contribution in [2.24, 2.45) is 17.8 Å². The highest BCUT2D eigenvalue weighted by molar-refractivity contribution is 7.47. The Bertz CT molecular complexity index is 1790. The van der Waals surface area contributed by atoms with E-state index in [-0.39, 0.29) is 25.7 Å². The molecule has 0 saturated carbocycles. The largest absolute Gasteiger partial charge is 0.472 e. The molecule has 0 radical (unpaired) electrons. The quantitative estimate of drug-likeness (QED) is 0.0222. The van der Waals surface area contributed by atoms with E-state index in [1.165, 1.54) is 173 Å². The Morgan fingerprint density at radius 2 is 0.560 bits per heavy atom. The summed E-state index contributed by atoms with van der Waals surface area (Å²) in [4.78, 5) is 72.6.